The number of carbonyl (C=O) groups is 1. The second-order valence-corrected chi connectivity index (χ2v) is 4.22. The van der Waals surface area contributed by atoms with Gasteiger partial charge in [-0.25, -0.2) is 9.79 Å². The molecule has 0 saturated heterocycles. The average Bonchev–Trinajstić information content (AvgIpc) is 2.35. The Morgan fingerprint density at radius 3 is 2.06 bits per heavy atom. The average molecular weight is 237 g/mol. The Bertz CT molecular complexity index is 255. The Morgan fingerprint density at radius 2 is 1.53 bits per heavy atom. The first-order valence-corrected chi connectivity index (χ1v) is 6.50. The van der Waals surface area contributed by atoms with Gasteiger partial charge in [-0.1, -0.05) is 45.1 Å². The minimum Gasteiger partial charge on any atom is -0.295 e. The van der Waals surface area contributed by atoms with Gasteiger partial charge < -0.3 is 0 Å². The van der Waals surface area contributed by atoms with Gasteiger partial charge in [0, 0.05) is 6.42 Å². The third-order valence-corrected chi connectivity index (χ3v) is 2.74. The summed E-state index contributed by atoms with van der Waals surface area (Å²) in [5.74, 6) is 0.153. The van der Waals surface area contributed by atoms with E-state index in [1.54, 1.807) is 6.08 Å². The fourth-order valence-electron chi connectivity index (χ4n) is 1.70. The molecule has 0 radical (unpaired) electrons. The number of unbranched alkanes of at least 4 members (excludes halogenated alkanes) is 7. The molecule has 17 heavy (non-hydrogen) atoms. The van der Waals surface area contributed by atoms with E-state index in [1.165, 1.54) is 31.8 Å². The van der Waals surface area contributed by atoms with Gasteiger partial charge in [-0.3, -0.25) is 4.79 Å². The normalized spacial score (nSPS) is 9.65. The number of hydrogen-bond acceptors (Lipinski definition) is 3. The van der Waals surface area contributed by atoms with Crippen LogP contribution in [0.2, 0.25) is 0 Å². The number of hydrogen-bond donors (Lipinski definition) is 0. The third kappa shape index (κ3) is 12.7. The van der Waals surface area contributed by atoms with Crippen molar-refractivity contribution in [2.24, 2.45) is 4.99 Å². The maximum atomic E-state index is 10.9. The van der Waals surface area contributed by atoms with Gasteiger partial charge in [0.2, 0.25) is 6.08 Å². The van der Waals surface area contributed by atoms with Crippen molar-refractivity contribution in [1.82, 2.24) is 0 Å². The van der Waals surface area contributed by atoms with Gasteiger partial charge in [0.05, 0.1) is 6.54 Å². The molecule has 0 saturated carbocycles. The summed E-state index contributed by atoms with van der Waals surface area (Å²) in [6, 6.07) is 0. The molecule has 0 N–H and O–H groups in total. The first-order chi connectivity index (χ1) is 8.31. The lowest BCUT2D eigenvalue weighted by atomic mass is 10.1. The Kier molecular flexibility index (Phi) is 11.9. The first kappa shape index (κ1) is 15.8. The zero-order valence-corrected chi connectivity index (χ0v) is 10.6. The molecule has 3 heteroatoms. The van der Waals surface area contributed by atoms with Crippen LogP contribution < -0.4 is 0 Å². The zero-order valence-electron chi connectivity index (χ0n) is 10.6. The van der Waals surface area contributed by atoms with Crippen LogP contribution in [0.4, 0.5) is 0 Å². The predicted molar refractivity (Wildman–Crippen MR) is 69.7 cm³/mol. The molecule has 0 amide bonds. The molecular weight excluding hydrogens is 214 g/mol. The number of nitrogens with zero attached hydrogens (tertiary/aromatic N) is 1. The summed E-state index contributed by atoms with van der Waals surface area (Å²) >= 11 is 0. The number of ketones is 1. The van der Waals surface area contributed by atoms with Gasteiger partial charge >= 0.3 is 0 Å². The van der Waals surface area contributed by atoms with Crippen molar-refractivity contribution in [3.63, 3.8) is 0 Å². The summed E-state index contributed by atoms with van der Waals surface area (Å²) in [4.78, 5) is 24.2. The third-order valence-electron chi connectivity index (χ3n) is 2.74. The van der Waals surface area contributed by atoms with E-state index in [2.05, 4.69) is 11.6 Å². The van der Waals surface area contributed by atoms with Crippen molar-refractivity contribution in [2.45, 2.75) is 57.8 Å². The van der Waals surface area contributed by atoms with Crippen molar-refractivity contribution >= 4 is 11.9 Å². The van der Waals surface area contributed by atoms with Crippen LogP contribution in [0.5, 0.6) is 0 Å². The summed E-state index contributed by atoms with van der Waals surface area (Å²) in [7, 11) is 0. The van der Waals surface area contributed by atoms with Crippen LogP contribution in [0, 0.1) is 0 Å². The quantitative estimate of drug-likeness (QED) is 0.225. The standard InChI is InChI=1S/C14H23NO2/c1-2-14(17)11-9-7-5-3-4-6-8-10-12-15-13-16/h2H,1,3-12H2. The Morgan fingerprint density at radius 1 is 1.00 bits per heavy atom. The second kappa shape index (κ2) is 12.9. The number of isocyanates is 1. The van der Waals surface area contributed by atoms with E-state index in [1.807, 2.05) is 0 Å². The Balaban J connectivity index is 3.05. The van der Waals surface area contributed by atoms with E-state index >= 15 is 0 Å². The van der Waals surface area contributed by atoms with Crippen LogP contribution in [-0.4, -0.2) is 18.4 Å². The highest BCUT2D eigenvalue weighted by molar-refractivity contribution is 5.88. The lowest BCUT2D eigenvalue weighted by Gasteiger charge is -2.00. The molecule has 0 aliphatic carbocycles. The van der Waals surface area contributed by atoms with Crippen molar-refractivity contribution in [1.29, 1.82) is 0 Å². The van der Waals surface area contributed by atoms with Gasteiger partial charge in [-0.2, -0.15) is 0 Å². The lowest BCUT2D eigenvalue weighted by molar-refractivity contribution is -0.114. The highest BCUT2D eigenvalue weighted by Crippen LogP contribution is 2.09. The van der Waals surface area contributed by atoms with Crippen LogP contribution in [0.15, 0.2) is 17.6 Å². The van der Waals surface area contributed by atoms with E-state index in [4.69, 9.17) is 0 Å². The highest BCUT2D eigenvalue weighted by Gasteiger charge is 1.96. The van der Waals surface area contributed by atoms with Gasteiger partial charge in [0.15, 0.2) is 5.78 Å². The van der Waals surface area contributed by atoms with Crippen LogP contribution in [0.3, 0.4) is 0 Å². The molecule has 0 atom stereocenters. The molecule has 0 spiro atoms. The van der Waals surface area contributed by atoms with E-state index in [0.29, 0.717) is 13.0 Å². The fraction of sp³-hybridized carbons (Fsp3) is 0.714. The summed E-state index contributed by atoms with van der Waals surface area (Å²) in [5, 5.41) is 0. The number of allylic oxidation sites excluding steroid dienone is 1. The SMILES string of the molecule is C=CC(=O)CCCCCCCCCCN=C=O. The van der Waals surface area contributed by atoms with Gasteiger partial charge in [-0.05, 0) is 18.9 Å². The van der Waals surface area contributed by atoms with E-state index in [-0.39, 0.29) is 5.78 Å². The van der Waals surface area contributed by atoms with Crippen molar-refractivity contribution in [2.75, 3.05) is 6.54 Å². The van der Waals surface area contributed by atoms with E-state index in [0.717, 1.165) is 25.7 Å². The molecule has 0 aromatic carbocycles. The first-order valence-electron chi connectivity index (χ1n) is 6.50. The molecule has 0 aromatic rings. The minimum absolute atomic E-state index is 0.153. The fourth-order valence-corrected chi connectivity index (χ4v) is 1.70. The maximum absolute atomic E-state index is 10.9. The predicted octanol–water partition coefficient (Wildman–Crippen LogP) is 3.59. The molecule has 0 heterocycles. The Labute approximate surface area is 104 Å². The maximum Gasteiger partial charge on any atom is 0.234 e. The molecular formula is C14H23NO2. The summed E-state index contributed by atoms with van der Waals surface area (Å²) in [6.07, 6.45) is 12.7. The van der Waals surface area contributed by atoms with E-state index < -0.39 is 0 Å². The second-order valence-electron chi connectivity index (χ2n) is 4.22. The molecule has 0 aliphatic heterocycles. The largest absolute Gasteiger partial charge is 0.295 e. The lowest BCUT2D eigenvalue weighted by Crippen LogP contribution is -1.91. The van der Waals surface area contributed by atoms with Crippen molar-refractivity contribution in [3.05, 3.63) is 12.7 Å². The minimum atomic E-state index is 0.153. The molecule has 0 aliphatic rings. The molecule has 0 rings (SSSR count). The zero-order chi connectivity index (χ0) is 12.8. The summed E-state index contributed by atoms with van der Waals surface area (Å²) in [5.41, 5.74) is 0. The van der Waals surface area contributed by atoms with Crippen molar-refractivity contribution in [3.8, 4) is 0 Å². The molecule has 0 unspecified atom stereocenters. The smallest absolute Gasteiger partial charge is 0.234 e. The topological polar surface area (TPSA) is 46.5 Å². The van der Waals surface area contributed by atoms with Gasteiger partial charge in [0.1, 0.15) is 0 Å². The van der Waals surface area contributed by atoms with Crippen LogP contribution in [-0.2, 0) is 9.59 Å². The van der Waals surface area contributed by atoms with Crippen LogP contribution in [0.25, 0.3) is 0 Å². The van der Waals surface area contributed by atoms with Crippen LogP contribution >= 0.6 is 0 Å². The highest BCUT2D eigenvalue weighted by atomic mass is 16.1. The summed E-state index contributed by atoms with van der Waals surface area (Å²) in [6.45, 7) is 4.07. The Hall–Kier alpha value is -1.21. The molecule has 0 aromatic heterocycles. The number of aliphatic imine (C=N–C) groups is 1. The van der Waals surface area contributed by atoms with Gasteiger partial charge in [0.25, 0.3) is 0 Å². The molecule has 0 fully saturated rings. The summed E-state index contributed by atoms with van der Waals surface area (Å²) < 4.78 is 0. The number of carbonyl (C=O) groups excluding carboxylic acids is 2. The van der Waals surface area contributed by atoms with Gasteiger partial charge in [-0.15, -0.1) is 0 Å². The van der Waals surface area contributed by atoms with Crippen molar-refractivity contribution < 1.29 is 9.59 Å². The van der Waals surface area contributed by atoms with E-state index in [9.17, 15) is 9.59 Å². The molecule has 0 bridgehead atoms. The monoisotopic (exact) mass is 237 g/mol. The molecule has 3 nitrogen and oxygen atoms in total. The number of rotatable bonds is 12. The molecule has 96 valence electrons. The van der Waals surface area contributed by atoms with Crippen LogP contribution in [0.1, 0.15) is 57.8 Å².